The number of likely N-dealkylation sites (tertiary alicyclic amines) is 1. The van der Waals surface area contributed by atoms with Crippen LogP contribution >= 0.6 is 0 Å². The summed E-state index contributed by atoms with van der Waals surface area (Å²) in [6, 6.07) is 1.64. The van der Waals surface area contributed by atoms with E-state index in [2.05, 4.69) is 25.3 Å². The van der Waals surface area contributed by atoms with E-state index in [-0.39, 0.29) is 17.7 Å². The van der Waals surface area contributed by atoms with Crippen molar-refractivity contribution in [2.45, 2.75) is 32.7 Å². The molecule has 1 saturated heterocycles. The van der Waals surface area contributed by atoms with Crippen LogP contribution in [0.1, 0.15) is 47.1 Å². The number of carbonyl (C=O) groups excluding carboxylic acids is 2. The molecule has 0 aliphatic carbocycles. The third-order valence-corrected chi connectivity index (χ3v) is 4.03. The Bertz CT molecular complexity index is 757. The lowest BCUT2D eigenvalue weighted by Crippen LogP contribution is -2.29. The largest absolute Gasteiger partial charge is 0.351 e. The molecule has 0 aromatic carbocycles. The van der Waals surface area contributed by atoms with Gasteiger partial charge in [-0.1, -0.05) is 0 Å². The molecule has 1 unspecified atom stereocenters. The van der Waals surface area contributed by atoms with Crippen LogP contribution in [-0.4, -0.2) is 49.7 Å². The van der Waals surface area contributed by atoms with Crippen LogP contribution in [0.25, 0.3) is 0 Å². The standard InChI is InChI=1S/C16H20N6O2/c1-10-17-5-3-14(20-10)16(24)22-6-4-12(9-22)15-19-8-13(21-15)7-18-11(2)23/h3,5,8,12H,4,6-7,9H2,1-2H3,(H,18,23)(H,19,21). The summed E-state index contributed by atoms with van der Waals surface area (Å²) in [5, 5.41) is 2.73. The van der Waals surface area contributed by atoms with Gasteiger partial charge in [0.25, 0.3) is 5.91 Å². The normalized spacial score (nSPS) is 17.1. The van der Waals surface area contributed by atoms with E-state index >= 15 is 0 Å². The van der Waals surface area contributed by atoms with Crippen LogP contribution in [0.15, 0.2) is 18.5 Å². The van der Waals surface area contributed by atoms with Gasteiger partial charge in [-0.3, -0.25) is 9.59 Å². The summed E-state index contributed by atoms with van der Waals surface area (Å²) in [6.07, 6.45) is 4.18. The Hall–Kier alpha value is -2.77. The lowest BCUT2D eigenvalue weighted by molar-refractivity contribution is -0.119. The van der Waals surface area contributed by atoms with Crippen molar-refractivity contribution in [3.63, 3.8) is 0 Å². The van der Waals surface area contributed by atoms with Crippen LogP contribution < -0.4 is 5.32 Å². The highest BCUT2D eigenvalue weighted by atomic mass is 16.2. The van der Waals surface area contributed by atoms with E-state index in [0.29, 0.717) is 31.2 Å². The Labute approximate surface area is 139 Å². The smallest absolute Gasteiger partial charge is 0.272 e. The lowest BCUT2D eigenvalue weighted by Gasteiger charge is -2.15. The molecule has 0 bridgehead atoms. The monoisotopic (exact) mass is 328 g/mol. The summed E-state index contributed by atoms with van der Waals surface area (Å²) >= 11 is 0. The zero-order valence-corrected chi connectivity index (χ0v) is 13.7. The molecule has 126 valence electrons. The number of amides is 2. The Morgan fingerprint density at radius 3 is 3.00 bits per heavy atom. The number of aromatic nitrogens is 4. The van der Waals surface area contributed by atoms with Crippen molar-refractivity contribution in [3.05, 3.63) is 41.5 Å². The first-order valence-corrected chi connectivity index (χ1v) is 7.90. The molecule has 2 aromatic heterocycles. The first-order valence-electron chi connectivity index (χ1n) is 7.90. The molecule has 1 aliphatic rings. The summed E-state index contributed by atoms with van der Waals surface area (Å²) < 4.78 is 0. The summed E-state index contributed by atoms with van der Waals surface area (Å²) in [6.45, 7) is 4.96. The third-order valence-electron chi connectivity index (χ3n) is 4.03. The van der Waals surface area contributed by atoms with Crippen LogP contribution in [0.3, 0.4) is 0 Å². The van der Waals surface area contributed by atoms with Crippen LogP contribution in [0.5, 0.6) is 0 Å². The minimum Gasteiger partial charge on any atom is -0.351 e. The van der Waals surface area contributed by atoms with Crippen LogP contribution in [0.4, 0.5) is 0 Å². The molecule has 2 N–H and O–H groups in total. The van der Waals surface area contributed by atoms with Gasteiger partial charge >= 0.3 is 0 Å². The molecule has 0 spiro atoms. The molecule has 1 atom stereocenters. The number of nitrogens with one attached hydrogen (secondary N) is 2. The minimum atomic E-state index is -0.0797. The van der Waals surface area contributed by atoms with Crippen molar-refractivity contribution in [2.24, 2.45) is 0 Å². The second-order valence-corrected chi connectivity index (χ2v) is 5.93. The number of rotatable bonds is 4. The van der Waals surface area contributed by atoms with Crippen molar-refractivity contribution >= 4 is 11.8 Å². The molecule has 0 saturated carbocycles. The van der Waals surface area contributed by atoms with E-state index in [1.54, 1.807) is 30.3 Å². The molecule has 3 rings (SSSR count). The minimum absolute atomic E-state index is 0.0759. The molecule has 0 radical (unpaired) electrons. The predicted molar refractivity (Wildman–Crippen MR) is 86.1 cm³/mol. The maximum absolute atomic E-state index is 12.5. The summed E-state index contributed by atoms with van der Waals surface area (Å²) in [5.41, 5.74) is 1.28. The van der Waals surface area contributed by atoms with Gasteiger partial charge in [-0.05, 0) is 19.4 Å². The van der Waals surface area contributed by atoms with Crippen LogP contribution in [-0.2, 0) is 11.3 Å². The zero-order chi connectivity index (χ0) is 17.1. The van der Waals surface area contributed by atoms with Crippen molar-refractivity contribution in [1.82, 2.24) is 30.2 Å². The van der Waals surface area contributed by atoms with Gasteiger partial charge < -0.3 is 15.2 Å². The van der Waals surface area contributed by atoms with Gasteiger partial charge in [0.1, 0.15) is 17.3 Å². The van der Waals surface area contributed by atoms with Gasteiger partial charge in [-0.25, -0.2) is 15.0 Å². The van der Waals surface area contributed by atoms with Gasteiger partial charge in [0.15, 0.2) is 0 Å². The van der Waals surface area contributed by atoms with Crippen LogP contribution in [0, 0.1) is 6.92 Å². The maximum atomic E-state index is 12.5. The zero-order valence-electron chi connectivity index (χ0n) is 13.7. The SMILES string of the molecule is CC(=O)NCc1cnc(C2CCN(C(=O)c3ccnc(C)n3)C2)[nH]1. The van der Waals surface area contributed by atoms with E-state index in [0.717, 1.165) is 17.9 Å². The Kier molecular flexibility index (Phi) is 4.54. The van der Waals surface area contributed by atoms with Gasteiger partial charge in [0.2, 0.25) is 5.91 Å². The molecule has 2 aromatic rings. The molecule has 8 nitrogen and oxygen atoms in total. The number of H-pyrrole nitrogens is 1. The maximum Gasteiger partial charge on any atom is 0.272 e. The quantitative estimate of drug-likeness (QED) is 0.863. The summed E-state index contributed by atoms with van der Waals surface area (Å²) in [7, 11) is 0. The fourth-order valence-corrected chi connectivity index (χ4v) is 2.80. The van der Waals surface area contributed by atoms with Crippen molar-refractivity contribution < 1.29 is 9.59 Å². The number of carbonyl (C=O) groups is 2. The molecular formula is C16H20N6O2. The summed E-state index contributed by atoms with van der Waals surface area (Å²) in [5.74, 6) is 1.45. The highest BCUT2D eigenvalue weighted by Crippen LogP contribution is 2.26. The van der Waals surface area contributed by atoms with E-state index in [9.17, 15) is 9.59 Å². The van der Waals surface area contributed by atoms with Crippen LogP contribution in [0.2, 0.25) is 0 Å². The van der Waals surface area contributed by atoms with Crippen molar-refractivity contribution in [1.29, 1.82) is 0 Å². The average molecular weight is 328 g/mol. The van der Waals surface area contributed by atoms with Gasteiger partial charge in [0.05, 0.1) is 18.4 Å². The first kappa shape index (κ1) is 16.1. The average Bonchev–Trinajstić information content (AvgIpc) is 3.21. The number of imidazole rings is 1. The number of aromatic amines is 1. The predicted octanol–water partition coefficient (Wildman–Crippen LogP) is 0.774. The van der Waals surface area contributed by atoms with E-state index < -0.39 is 0 Å². The molecule has 1 fully saturated rings. The highest BCUT2D eigenvalue weighted by molar-refractivity contribution is 5.92. The molecule has 8 heteroatoms. The number of hydrogen-bond acceptors (Lipinski definition) is 5. The molecule has 24 heavy (non-hydrogen) atoms. The fourth-order valence-electron chi connectivity index (χ4n) is 2.80. The van der Waals surface area contributed by atoms with Crippen molar-refractivity contribution in [2.75, 3.05) is 13.1 Å². The Balaban J connectivity index is 1.63. The number of hydrogen-bond donors (Lipinski definition) is 2. The second-order valence-electron chi connectivity index (χ2n) is 5.93. The molecule has 3 heterocycles. The molecule has 2 amide bonds. The second kappa shape index (κ2) is 6.77. The number of aryl methyl sites for hydroxylation is 1. The third kappa shape index (κ3) is 3.58. The van der Waals surface area contributed by atoms with Gasteiger partial charge in [-0.2, -0.15) is 0 Å². The lowest BCUT2D eigenvalue weighted by atomic mass is 10.1. The summed E-state index contributed by atoms with van der Waals surface area (Å²) in [4.78, 5) is 41.1. The highest BCUT2D eigenvalue weighted by Gasteiger charge is 2.30. The Morgan fingerprint density at radius 1 is 1.42 bits per heavy atom. The molecular weight excluding hydrogens is 308 g/mol. The number of nitrogens with zero attached hydrogens (tertiary/aromatic N) is 4. The van der Waals surface area contributed by atoms with E-state index in [1.165, 1.54) is 6.92 Å². The molecule has 1 aliphatic heterocycles. The van der Waals surface area contributed by atoms with E-state index in [4.69, 9.17) is 0 Å². The Morgan fingerprint density at radius 2 is 2.25 bits per heavy atom. The topological polar surface area (TPSA) is 104 Å². The van der Waals surface area contributed by atoms with Gasteiger partial charge in [0, 0.05) is 32.1 Å². The van der Waals surface area contributed by atoms with Crippen molar-refractivity contribution in [3.8, 4) is 0 Å². The van der Waals surface area contributed by atoms with Gasteiger partial charge in [-0.15, -0.1) is 0 Å². The van der Waals surface area contributed by atoms with E-state index in [1.807, 2.05) is 0 Å². The fraction of sp³-hybridized carbons (Fsp3) is 0.438. The first-order chi connectivity index (χ1) is 11.5.